The molecule has 1 aromatic rings. The third kappa shape index (κ3) is 4.25. The second-order valence-electron chi connectivity index (χ2n) is 4.78. The number of rotatable bonds is 6. The Bertz CT molecular complexity index is 378. The van der Waals surface area contributed by atoms with E-state index in [0.717, 1.165) is 29.7 Å². The SMILES string of the molecule is Fc1ccc(SCCNCC2CCCC2)cc1F. The fraction of sp³-hybridized carbons (Fsp3) is 0.571. The standard InChI is InChI=1S/C14H19F2NS/c15-13-6-5-12(9-14(13)16)18-8-7-17-10-11-3-1-2-4-11/h5-6,9,11,17H,1-4,7-8,10H2. The van der Waals surface area contributed by atoms with Crippen molar-refractivity contribution < 1.29 is 8.78 Å². The van der Waals surface area contributed by atoms with Crippen molar-refractivity contribution in [3.05, 3.63) is 29.8 Å². The molecule has 0 heterocycles. The van der Waals surface area contributed by atoms with E-state index < -0.39 is 11.6 Å². The first-order valence-electron chi connectivity index (χ1n) is 6.54. The van der Waals surface area contributed by atoms with Gasteiger partial charge in [0.1, 0.15) is 0 Å². The number of thioether (sulfide) groups is 1. The summed E-state index contributed by atoms with van der Waals surface area (Å²) in [6, 6.07) is 4.07. The van der Waals surface area contributed by atoms with Gasteiger partial charge in [-0.25, -0.2) is 8.78 Å². The lowest BCUT2D eigenvalue weighted by atomic mass is 10.1. The molecule has 18 heavy (non-hydrogen) atoms. The highest BCUT2D eigenvalue weighted by molar-refractivity contribution is 7.99. The van der Waals surface area contributed by atoms with Crippen LogP contribution >= 0.6 is 11.8 Å². The van der Waals surface area contributed by atoms with Crippen molar-refractivity contribution in [3.63, 3.8) is 0 Å². The van der Waals surface area contributed by atoms with E-state index in [0.29, 0.717) is 0 Å². The number of halogens is 2. The van der Waals surface area contributed by atoms with Crippen LogP contribution in [0.5, 0.6) is 0 Å². The number of hydrogen-bond acceptors (Lipinski definition) is 2. The summed E-state index contributed by atoms with van der Waals surface area (Å²) in [4.78, 5) is 0.788. The Kier molecular flexibility index (Phi) is 5.45. The molecular weight excluding hydrogens is 252 g/mol. The first kappa shape index (κ1) is 13.8. The molecule has 0 radical (unpaired) electrons. The van der Waals surface area contributed by atoms with Gasteiger partial charge in [0.15, 0.2) is 11.6 Å². The molecule has 1 saturated carbocycles. The molecule has 1 aliphatic rings. The minimum absolute atomic E-state index is 0.765. The van der Waals surface area contributed by atoms with E-state index in [1.807, 2.05) is 0 Å². The maximum absolute atomic E-state index is 13.0. The Balaban J connectivity index is 1.61. The molecule has 0 aliphatic heterocycles. The van der Waals surface area contributed by atoms with Crippen molar-refractivity contribution in [1.82, 2.24) is 5.32 Å². The van der Waals surface area contributed by atoms with Gasteiger partial charge in [-0.3, -0.25) is 0 Å². The molecule has 1 fully saturated rings. The summed E-state index contributed by atoms with van der Waals surface area (Å²) >= 11 is 1.56. The monoisotopic (exact) mass is 271 g/mol. The van der Waals surface area contributed by atoms with Crippen LogP contribution in [0.4, 0.5) is 8.78 Å². The first-order valence-corrected chi connectivity index (χ1v) is 7.53. The largest absolute Gasteiger partial charge is 0.316 e. The van der Waals surface area contributed by atoms with Gasteiger partial charge in [-0.1, -0.05) is 12.8 Å². The molecule has 100 valence electrons. The summed E-state index contributed by atoms with van der Waals surface area (Å²) in [5.74, 6) is 0.188. The zero-order valence-corrected chi connectivity index (χ0v) is 11.2. The molecule has 0 unspecified atom stereocenters. The van der Waals surface area contributed by atoms with Gasteiger partial charge in [-0.2, -0.15) is 0 Å². The maximum Gasteiger partial charge on any atom is 0.159 e. The number of hydrogen-bond donors (Lipinski definition) is 1. The number of nitrogens with one attached hydrogen (secondary N) is 1. The number of benzene rings is 1. The smallest absolute Gasteiger partial charge is 0.159 e. The van der Waals surface area contributed by atoms with Gasteiger partial charge in [-0.15, -0.1) is 11.8 Å². The van der Waals surface area contributed by atoms with Crippen molar-refractivity contribution >= 4 is 11.8 Å². The molecule has 0 atom stereocenters. The molecule has 1 aliphatic carbocycles. The van der Waals surface area contributed by atoms with Crippen LogP contribution in [-0.2, 0) is 0 Å². The summed E-state index contributed by atoms with van der Waals surface area (Å²) in [6.07, 6.45) is 5.44. The van der Waals surface area contributed by atoms with Gasteiger partial charge in [0.2, 0.25) is 0 Å². The minimum Gasteiger partial charge on any atom is -0.316 e. The lowest BCUT2D eigenvalue weighted by molar-refractivity contribution is 0.499. The van der Waals surface area contributed by atoms with Crippen LogP contribution in [0, 0.1) is 17.6 Å². The van der Waals surface area contributed by atoms with Crippen LogP contribution < -0.4 is 5.32 Å². The Morgan fingerprint density at radius 1 is 1.17 bits per heavy atom. The lowest BCUT2D eigenvalue weighted by Gasteiger charge is -2.10. The predicted octanol–water partition coefficient (Wildman–Crippen LogP) is 3.84. The Hall–Kier alpha value is -0.610. The highest BCUT2D eigenvalue weighted by atomic mass is 32.2. The van der Waals surface area contributed by atoms with Crippen molar-refractivity contribution in [1.29, 1.82) is 0 Å². The Labute approximate surface area is 111 Å². The summed E-state index contributed by atoms with van der Waals surface area (Å²) in [6.45, 7) is 2.01. The van der Waals surface area contributed by atoms with Crippen LogP contribution in [0.3, 0.4) is 0 Å². The summed E-state index contributed by atoms with van der Waals surface area (Å²) in [5, 5.41) is 3.43. The molecule has 0 spiro atoms. The molecule has 1 N–H and O–H groups in total. The summed E-state index contributed by atoms with van der Waals surface area (Å²) in [7, 11) is 0. The summed E-state index contributed by atoms with van der Waals surface area (Å²) in [5.41, 5.74) is 0. The first-order chi connectivity index (χ1) is 8.75. The molecule has 1 nitrogen and oxygen atoms in total. The summed E-state index contributed by atoms with van der Waals surface area (Å²) < 4.78 is 25.7. The topological polar surface area (TPSA) is 12.0 Å². The van der Waals surface area contributed by atoms with Crippen molar-refractivity contribution in [3.8, 4) is 0 Å². The Morgan fingerprint density at radius 3 is 2.67 bits per heavy atom. The minimum atomic E-state index is -0.779. The van der Waals surface area contributed by atoms with E-state index in [-0.39, 0.29) is 0 Å². The zero-order valence-electron chi connectivity index (χ0n) is 10.4. The van der Waals surface area contributed by atoms with Crippen molar-refractivity contribution in [2.45, 2.75) is 30.6 Å². The average Bonchev–Trinajstić information content (AvgIpc) is 2.86. The molecule has 4 heteroatoms. The molecule has 0 aromatic heterocycles. The zero-order chi connectivity index (χ0) is 12.8. The van der Waals surface area contributed by atoms with Gasteiger partial charge in [0.25, 0.3) is 0 Å². The Morgan fingerprint density at radius 2 is 1.94 bits per heavy atom. The maximum atomic E-state index is 13.0. The van der Waals surface area contributed by atoms with Crippen molar-refractivity contribution in [2.24, 2.45) is 5.92 Å². The second-order valence-corrected chi connectivity index (χ2v) is 5.95. The molecule has 0 bridgehead atoms. The van der Waals surface area contributed by atoms with Crippen LogP contribution in [0.15, 0.2) is 23.1 Å². The molecular formula is C14H19F2NS. The average molecular weight is 271 g/mol. The molecule has 0 amide bonds. The van der Waals surface area contributed by atoms with Gasteiger partial charge in [0, 0.05) is 17.2 Å². The van der Waals surface area contributed by atoms with Gasteiger partial charge in [-0.05, 0) is 43.5 Å². The van der Waals surface area contributed by atoms with E-state index in [9.17, 15) is 8.78 Å². The predicted molar refractivity (Wildman–Crippen MR) is 71.9 cm³/mol. The van der Waals surface area contributed by atoms with Gasteiger partial charge < -0.3 is 5.32 Å². The normalized spacial score (nSPS) is 16.3. The quantitative estimate of drug-likeness (QED) is 0.623. The van der Waals surface area contributed by atoms with Crippen LogP contribution in [0.1, 0.15) is 25.7 Å². The highest BCUT2D eigenvalue weighted by Crippen LogP contribution is 2.24. The van der Waals surface area contributed by atoms with Crippen LogP contribution in [-0.4, -0.2) is 18.8 Å². The third-order valence-electron chi connectivity index (χ3n) is 3.35. The second kappa shape index (κ2) is 7.10. The van der Waals surface area contributed by atoms with Gasteiger partial charge in [0.05, 0.1) is 0 Å². The lowest BCUT2D eigenvalue weighted by Crippen LogP contribution is -2.23. The third-order valence-corrected chi connectivity index (χ3v) is 4.34. The molecule has 1 aromatic carbocycles. The van der Waals surface area contributed by atoms with E-state index in [1.165, 1.54) is 37.8 Å². The van der Waals surface area contributed by atoms with E-state index in [4.69, 9.17) is 0 Å². The van der Waals surface area contributed by atoms with Crippen molar-refractivity contribution in [2.75, 3.05) is 18.8 Å². The highest BCUT2D eigenvalue weighted by Gasteiger charge is 2.13. The van der Waals surface area contributed by atoms with E-state index in [1.54, 1.807) is 17.8 Å². The van der Waals surface area contributed by atoms with Gasteiger partial charge >= 0.3 is 0 Å². The van der Waals surface area contributed by atoms with Crippen LogP contribution in [0.2, 0.25) is 0 Å². The molecule has 0 saturated heterocycles. The van der Waals surface area contributed by atoms with E-state index in [2.05, 4.69) is 5.32 Å². The fourth-order valence-electron chi connectivity index (χ4n) is 2.33. The van der Waals surface area contributed by atoms with E-state index >= 15 is 0 Å². The van der Waals surface area contributed by atoms with Crippen LogP contribution in [0.25, 0.3) is 0 Å². The molecule has 2 rings (SSSR count). The fourth-order valence-corrected chi connectivity index (χ4v) is 3.16.